The molecule has 0 saturated heterocycles. The first-order valence-corrected chi connectivity index (χ1v) is 16.2. The van der Waals surface area contributed by atoms with Crippen LogP contribution in [-0.2, 0) is 0 Å². The second kappa shape index (κ2) is 10.6. The molecule has 0 spiro atoms. The second-order valence-corrected chi connectivity index (χ2v) is 12.3. The van der Waals surface area contributed by atoms with Crippen molar-refractivity contribution in [1.29, 1.82) is 0 Å². The molecule has 6 aromatic carbocycles. The van der Waals surface area contributed by atoms with Crippen LogP contribution < -0.4 is 10.6 Å². The summed E-state index contributed by atoms with van der Waals surface area (Å²) < 4.78 is 13.0. The van der Waals surface area contributed by atoms with E-state index in [1.807, 2.05) is 54.6 Å². The Morgan fingerprint density at radius 2 is 1.27 bits per heavy atom. The van der Waals surface area contributed by atoms with E-state index in [2.05, 4.69) is 91.0 Å². The Morgan fingerprint density at radius 1 is 0.542 bits per heavy atom. The predicted molar refractivity (Wildman–Crippen MR) is 193 cm³/mol. The van der Waals surface area contributed by atoms with Crippen LogP contribution in [0.15, 0.2) is 142 Å². The van der Waals surface area contributed by atoms with Gasteiger partial charge in [-0.15, -0.1) is 0 Å². The first-order valence-electron chi connectivity index (χ1n) is 16.2. The van der Waals surface area contributed by atoms with Crippen molar-refractivity contribution in [3.8, 4) is 33.9 Å². The van der Waals surface area contributed by atoms with Gasteiger partial charge in [-0.3, -0.25) is 0 Å². The molecule has 0 amide bonds. The molecule has 5 heteroatoms. The number of aromatic nitrogens is 3. The van der Waals surface area contributed by atoms with Crippen LogP contribution in [0.4, 0.5) is 0 Å². The molecule has 1 aliphatic rings. The van der Waals surface area contributed by atoms with Crippen LogP contribution in [0.25, 0.3) is 89.7 Å². The van der Waals surface area contributed by atoms with Gasteiger partial charge in [0.15, 0.2) is 11.6 Å². The van der Waals surface area contributed by atoms with Crippen molar-refractivity contribution in [2.24, 2.45) is 0 Å². The lowest BCUT2D eigenvalue weighted by Crippen LogP contribution is -2.25. The maximum atomic E-state index is 6.58. The zero-order valence-corrected chi connectivity index (χ0v) is 25.8. The number of furan rings is 2. The summed E-state index contributed by atoms with van der Waals surface area (Å²) in [5.41, 5.74) is 7.38. The fraction of sp³-hybridized carbons (Fsp3) is 0.0465. The summed E-state index contributed by atoms with van der Waals surface area (Å²) in [4.78, 5) is 15.5. The third-order valence-electron chi connectivity index (χ3n) is 9.42. The highest BCUT2D eigenvalue weighted by Gasteiger charge is 2.23. The Morgan fingerprint density at radius 3 is 2.12 bits per heavy atom. The smallest absolute Gasteiger partial charge is 0.164 e. The van der Waals surface area contributed by atoms with Crippen LogP contribution >= 0.6 is 0 Å². The van der Waals surface area contributed by atoms with Gasteiger partial charge in [0.05, 0.1) is 0 Å². The van der Waals surface area contributed by atoms with E-state index in [1.54, 1.807) is 0 Å². The molecular weight excluding hydrogens is 590 g/mol. The van der Waals surface area contributed by atoms with E-state index in [0.29, 0.717) is 17.5 Å². The minimum Gasteiger partial charge on any atom is -0.456 e. The minimum absolute atomic E-state index is 0.0950. The normalized spacial score (nSPS) is 14.3. The van der Waals surface area contributed by atoms with Crippen molar-refractivity contribution in [1.82, 2.24) is 15.0 Å². The Hall–Kier alpha value is -6.33. The quantitative estimate of drug-likeness (QED) is 0.197. The highest BCUT2D eigenvalue weighted by atomic mass is 16.3. The lowest BCUT2D eigenvalue weighted by atomic mass is 9.97. The Labute approximate surface area is 275 Å². The van der Waals surface area contributed by atoms with E-state index in [-0.39, 0.29) is 5.92 Å². The average Bonchev–Trinajstić information content (AvgIpc) is 3.73. The summed E-state index contributed by atoms with van der Waals surface area (Å²) >= 11 is 0. The van der Waals surface area contributed by atoms with Crippen LogP contribution in [-0.4, -0.2) is 15.0 Å². The van der Waals surface area contributed by atoms with Crippen molar-refractivity contribution >= 4 is 55.8 Å². The first kappa shape index (κ1) is 26.8. The standard InChI is InChI=1S/C43H27N3O2/c1-3-11-26(12-4-1)30-23-35(39-34-17-9-10-18-36(34)47-38(39)25-30)43-45-41(28-14-5-2-6-15-28)44-42(46-43)29-20-21-32-33-22-19-27-13-7-8-16-31(27)40(33)48-37(32)24-29/h1-19,21-25,29H,20H2. The highest BCUT2D eigenvalue weighted by Crippen LogP contribution is 2.40. The average molecular weight is 618 g/mol. The van der Waals surface area contributed by atoms with E-state index in [0.717, 1.165) is 83.0 Å². The summed E-state index contributed by atoms with van der Waals surface area (Å²) in [6.07, 6.45) is 5.20. The molecule has 0 aliphatic heterocycles. The van der Waals surface area contributed by atoms with Crippen LogP contribution in [0.5, 0.6) is 0 Å². The lowest BCUT2D eigenvalue weighted by molar-refractivity contribution is 0.570. The Bertz CT molecular complexity index is 2820. The number of hydrogen-bond donors (Lipinski definition) is 0. The zero-order valence-electron chi connectivity index (χ0n) is 25.8. The van der Waals surface area contributed by atoms with Crippen LogP contribution in [0.1, 0.15) is 18.2 Å². The van der Waals surface area contributed by atoms with E-state index >= 15 is 0 Å². The molecule has 1 unspecified atom stereocenters. The molecule has 3 heterocycles. The van der Waals surface area contributed by atoms with Gasteiger partial charge < -0.3 is 8.83 Å². The van der Waals surface area contributed by atoms with E-state index < -0.39 is 0 Å². The summed E-state index contributed by atoms with van der Waals surface area (Å²) in [6.45, 7) is 0. The van der Waals surface area contributed by atoms with Gasteiger partial charge in [0.1, 0.15) is 28.0 Å². The molecule has 9 aromatic rings. The number of para-hydroxylation sites is 1. The lowest BCUT2D eigenvalue weighted by Gasteiger charge is -2.15. The van der Waals surface area contributed by atoms with Gasteiger partial charge in [-0.1, -0.05) is 115 Å². The van der Waals surface area contributed by atoms with Crippen molar-refractivity contribution in [3.05, 3.63) is 150 Å². The number of rotatable bonds is 4. The molecule has 0 bridgehead atoms. The molecule has 1 aliphatic carbocycles. The molecular formula is C43H27N3O2. The predicted octanol–water partition coefficient (Wildman–Crippen LogP) is 9.42. The molecule has 0 saturated carbocycles. The summed E-state index contributed by atoms with van der Waals surface area (Å²) in [5, 5.41) is 6.57. The number of benzene rings is 6. The van der Waals surface area contributed by atoms with Gasteiger partial charge in [-0.2, -0.15) is 0 Å². The first-order chi connectivity index (χ1) is 23.8. The third kappa shape index (κ3) is 4.28. The van der Waals surface area contributed by atoms with Gasteiger partial charge in [-0.25, -0.2) is 15.0 Å². The monoisotopic (exact) mass is 617 g/mol. The van der Waals surface area contributed by atoms with Crippen molar-refractivity contribution in [3.63, 3.8) is 0 Å². The van der Waals surface area contributed by atoms with Crippen molar-refractivity contribution in [2.45, 2.75) is 12.3 Å². The molecule has 10 rings (SSSR count). The molecule has 0 N–H and O–H groups in total. The van der Waals surface area contributed by atoms with Crippen LogP contribution in [0, 0.1) is 0 Å². The SMILES string of the molecule is C1=c2oc3c(ccc4ccccc43)c2=CCC1c1nc(-c2ccccc2)nc(-c2cc(-c3ccccc3)cc3oc4ccccc4c23)n1. The van der Waals surface area contributed by atoms with E-state index in [4.69, 9.17) is 23.8 Å². The van der Waals surface area contributed by atoms with E-state index in [1.165, 1.54) is 0 Å². The molecule has 0 radical (unpaired) electrons. The summed E-state index contributed by atoms with van der Waals surface area (Å²) in [6, 6.07) is 45.7. The highest BCUT2D eigenvalue weighted by molar-refractivity contribution is 6.13. The second-order valence-electron chi connectivity index (χ2n) is 12.3. The summed E-state index contributed by atoms with van der Waals surface area (Å²) in [7, 11) is 0. The third-order valence-corrected chi connectivity index (χ3v) is 9.42. The Balaban J connectivity index is 1.21. The van der Waals surface area contributed by atoms with Gasteiger partial charge in [0.25, 0.3) is 0 Å². The number of hydrogen-bond acceptors (Lipinski definition) is 5. The number of nitrogens with zero attached hydrogens (tertiary/aromatic N) is 3. The van der Waals surface area contributed by atoms with Gasteiger partial charge in [0, 0.05) is 43.8 Å². The molecule has 226 valence electrons. The molecule has 0 fully saturated rings. The maximum Gasteiger partial charge on any atom is 0.164 e. The fourth-order valence-electron chi connectivity index (χ4n) is 7.10. The molecule has 1 atom stereocenters. The van der Waals surface area contributed by atoms with Gasteiger partial charge in [-0.05, 0) is 53.3 Å². The largest absolute Gasteiger partial charge is 0.456 e. The van der Waals surface area contributed by atoms with Gasteiger partial charge in [0.2, 0.25) is 0 Å². The van der Waals surface area contributed by atoms with Crippen molar-refractivity contribution < 1.29 is 8.83 Å². The van der Waals surface area contributed by atoms with Crippen molar-refractivity contribution in [2.75, 3.05) is 0 Å². The topological polar surface area (TPSA) is 65.0 Å². The maximum absolute atomic E-state index is 6.58. The molecule has 3 aromatic heterocycles. The fourth-order valence-corrected chi connectivity index (χ4v) is 7.10. The van der Waals surface area contributed by atoms with Crippen LogP contribution in [0.3, 0.4) is 0 Å². The van der Waals surface area contributed by atoms with E-state index in [9.17, 15) is 0 Å². The zero-order chi connectivity index (χ0) is 31.6. The molecule has 48 heavy (non-hydrogen) atoms. The Kier molecular flexibility index (Phi) is 5.93. The summed E-state index contributed by atoms with van der Waals surface area (Å²) in [5.74, 6) is 1.86. The molecule has 5 nitrogen and oxygen atoms in total. The minimum atomic E-state index is -0.0950. The van der Waals surface area contributed by atoms with Crippen LogP contribution in [0.2, 0.25) is 0 Å². The van der Waals surface area contributed by atoms with Gasteiger partial charge >= 0.3 is 0 Å². The number of fused-ring (bicyclic) bond motifs is 8.